The molecule has 0 amide bonds. The number of nitrogens with one attached hydrogen (secondary N) is 1. The molecule has 4 nitrogen and oxygen atoms in total. The second kappa shape index (κ2) is 5.71. The number of pyridine rings is 1. The van der Waals surface area contributed by atoms with Crippen molar-refractivity contribution in [2.45, 2.75) is 6.54 Å². The first-order chi connectivity index (χ1) is 9.08. The largest absolute Gasteiger partial charge is 0.382 e. The Labute approximate surface area is 117 Å². The zero-order chi connectivity index (χ0) is 13.8. The minimum atomic E-state index is -0.0275. The molecule has 0 bridgehead atoms. The maximum Gasteiger partial charge on any atom is 0.141 e. The highest BCUT2D eigenvalue weighted by Gasteiger charge is 2.06. The second-order valence-electron chi connectivity index (χ2n) is 4.26. The molecule has 1 aromatic carbocycles. The Kier molecular flexibility index (Phi) is 4.02. The van der Waals surface area contributed by atoms with E-state index < -0.39 is 0 Å². The number of halogens is 1. The number of nitrogens with two attached hydrogens (primary N) is 1. The highest BCUT2D eigenvalue weighted by molar-refractivity contribution is 6.31. The van der Waals surface area contributed by atoms with E-state index in [1.807, 2.05) is 42.3 Å². The third kappa shape index (κ3) is 3.23. The molecule has 3 N–H and O–H groups in total. The standard InChI is InChI=1S/C14H15ClN4/c1-19(9-10-4-2-3-5-12(10)15)11-6-7-13(14(16)17)18-8-11/h2-8H,9H2,1H3,(H3,16,17). The van der Waals surface area contributed by atoms with Crippen LogP contribution in [0.5, 0.6) is 0 Å². The first kappa shape index (κ1) is 13.4. The van der Waals surface area contributed by atoms with Crippen molar-refractivity contribution in [1.29, 1.82) is 5.41 Å². The summed E-state index contributed by atoms with van der Waals surface area (Å²) < 4.78 is 0. The highest BCUT2D eigenvalue weighted by atomic mass is 35.5. The predicted molar refractivity (Wildman–Crippen MR) is 78.8 cm³/mol. The van der Waals surface area contributed by atoms with Crippen molar-refractivity contribution >= 4 is 23.1 Å². The molecule has 0 atom stereocenters. The lowest BCUT2D eigenvalue weighted by molar-refractivity contribution is 0.917. The van der Waals surface area contributed by atoms with Crippen molar-refractivity contribution in [1.82, 2.24) is 4.98 Å². The Bertz CT molecular complexity index is 580. The second-order valence-corrected chi connectivity index (χ2v) is 4.67. The van der Waals surface area contributed by atoms with Gasteiger partial charge in [0.15, 0.2) is 0 Å². The Balaban J connectivity index is 2.14. The van der Waals surface area contributed by atoms with E-state index >= 15 is 0 Å². The van der Waals surface area contributed by atoms with Gasteiger partial charge < -0.3 is 10.6 Å². The smallest absolute Gasteiger partial charge is 0.141 e. The van der Waals surface area contributed by atoms with Crippen LogP contribution in [0, 0.1) is 5.41 Å². The molecular formula is C14H15ClN4. The van der Waals surface area contributed by atoms with Crippen LogP contribution in [0.2, 0.25) is 5.02 Å². The SMILES string of the molecule is CN(Cc1ccccc1Cl)c1ccc(C(=N)N)nc1. The summed E-state index contributed by atoms with van der Waals surface area (Å²) in [5.74, 6) is -0.0275. The van der Waals surface area contributed by atoms with E-state index in [-0.39, 0.29) is 5.84 Å². The van der Waals surface area contributed by atoms with Crippen molar-refractivity contribution < 1.29 is 0 Å². The molecule has 2 rings (SSSR count). The van der Waals surface area contributed by atoms with E-state index in [2.05, 4.69) is 4.98 Å². The number of aromatic nitrogens is 1. The molecule has 1 aromatic heterocycles. The van der Waals surface area contributed by atoms with E-state index in [9.17, 15) is 0 Å². The summed E-state index contributed by atoms with van der Waals surface area (Å²) in [6, 6.07) is 11.4. The average molecular weight is 275 g/mol. The van der Waals surface area contributed by atoms with Crippen LogP contribution in [0.1, 0.15) is 11.3 Å². The number of nitrogens with zero attached hydrogens (tertiary/aromatic N) is 2. The van der Waals surface area contributed by atoms with E-state index in [0.717, 1.165) is 16.3 Å². The van der Waals surface area contributed by atoms with Gasteiger partial charge in [-0.15, -0.1) is 0 Å². The summed E-state index contributed by atoms with van der Waals surface area (Å²) in [6.45, 7) is 0.695. The van der Waals surface area contributed by atoms with Gasteiger partial charge in [0.05, 0.1) is 11.9 Å². The summed E-state index contributed by atoms with van der Waals surface area (Å²) in [4.78, 5) is 6.18. The topological polar surface area (TPSA) is 66.0 Å². The highest BCUT2D eigenvalue weighted by Crippen LogP contribution is 2.20. The third-order valence-corrected chi connectivity index (χ3v) is 3.20. The first-order valence-electron chi connectivity index (χ1n) is 5.83. The molecule has 0 aliphatic heterocycles. The van der Waals surface area contributed by atoms with Crippen LogP contribution in [-0.2, 0) is 6.54 Å². The van der Waals surface area contributed by atoms with Crippen LogP contribution in [0.15, 0.2) is 42.6 Å². The molecular weight excluding hydrogens is 260 g/mol. The molecule has 0 aliphatic carbocycles. The summed E-state index contributed by atoms with van der Waals surface area (Å²) in [6.07, 6.45) is 1.70. The van der Waals surface area contributed by atoms with Gasteiger partial charge in [-0.3, -0.25) is 10.4 Å². The molecule has 0 saturated carbocycles. The van der Waals surface area contributed by atoms with Crippen molar-refractivity contribution in [3.05, 3.63) is 58.9 Å². The molecule has 0 unspecified atom stereocenters. The molecule has 0 radical (unpaired) electrons. The van der Waals surface area contributed by atoms with Crippen molar-refractivity contribution in [3.8, 4) is 0 Å². The fraction of sp³-hybridized carbons (Fsp3) is 0.143. The minimum Gasteiger partial charge on any atom is -0.382 e. The monoisotopic (exact) mass is 274 g/mol. The summed E-state index contributed by atoms with van der Waals surface area (Å²) in [5.41, 5.74) is 7.86. The van der Waals surface area contributed by atoms with Crippen molar-refractivity contribution in [2.24, 2.45) is 5.73 Å². The van der Waals surface area contributed by atoms with Gasteiger partial charge in [0.2, 0.25) is 0 Å². The zero-order valence-corrected chi connectivity index (χ0v) is 11.4. The summed E-state index contributed by atoms with van der Waals surface area (Å²) >= 11 is 6.14. The Morgan fingerprint density at radius 3 is 2.63 bits per heavy atom. The number of amidine groups is 1. The van der Waals surface area contributed by atoms with Gasteiger partial charge in [0.25, 0.3) is 0 Å². The van der Waals surface area contributed by atoms with E-state index in [1.165, 1.54) is 0 Å². The fourth-order valence-corrected chi connectivity index (χ4v) is 1.94. The van der Waals surface area contributed by atoms with Gasteiger partial charge in [0, 0.05) is 18.6 Å². The molecule has 19 heavy (non-hydrogen) atoms. The molecule has 0 saturated heterocycles. The number of anilines is 1. The normalized spacial score (nSPS) is 10.2. The number of nitrogen functional groups attached to an aromatic ring is 1. The predicted octanol–water partition coefficient (Wildman–Crippen LogP) is 2.66. The summed E-state index contributed by atoms with van der Waals surface area (Å²) in [5, 5.41) is 8.06. The Morgan fingerprint density at radius 2 is 2.05 bits per heavy atom. The quantitative estimate of drug-likeness (QED) is 0.665. The maximum atomic E-state index is 7.30. The molecule has 0 fully saturated rings. The number of hydrogen-bond acceptors (Lipinski definition) is 3. The van der Waals surface area contributed by atoms with Crippen molar-refractivity contribution in [3.63, 3.8) is 0 Å². The van der Waals surface area contributed by atoms with Crippen LogP contribution < -0.4 is 10.6 Å². The fourth-order valence-electron chi connectivity index (χ4n) is 1.74. The van der Waals surface area contributed by atoms with Crippen LogP contribution in [0.4, 0.5) is 5.69 Å². The number of rotatable bonds is 4. The maximum absolute atomic E-state index is 7.30. The van der Waals surface area contributed by atoms with E-state index in [1.54, 1.807) is 12.3 Å². The lowest BCUT2D eigenvalue weighted by Crippen LogP contribution is -2.18. The van der Waals surface area contributed by atoms with Crippen LogP contribution in [0.3, 0.4) is 0 Å². The van der Waals surface area contributed by atoms with E-state index in [4.69, 9.17) is 22.7 Å². The van der Waals surface area contributed by atoms with Crippen LogP contribution in [0.25, 0.3) is 0 Å². The Morgan fingerprint density at radius 1 is 1.32 bits per heavy atom. The van der Waals surface area contributed by atoms with Crippen molar-refractivity contribution in [2.75, 3.05) is 11.9 Å². The molecule has 1 heterocycles. The van der Waals surface area contributed by atoms with Crippen LogP contribution >= 0.6 is 11.6 Å². The van der Waals surface area contributed by atoms with E-state index in [0.29, 0.717) is 12.2 Å². The van der Waals surface area contributed by atoms with Gasteiger partial charge in [0.1, 0.15) is 11.5 Å². The molecule has 0 aliphatic rings. The summed E-state index contributed by atoms with van der Waals surface area (Å²) in [7, 11) is 1.97. The Hall–Kier alpha value is -2.07. The molecule has 2 aromatic rings. The lowest BCUT2D eigenvalue weighted by atomic mass is 10.2. The third-order valence-electron chi connectivity index (χ3n) is 2.83. The first-order valence-corrected chi connectivity index (χ1v) is 6.20. The average Bonchev–Trinajstić information content (AvgIpc) is 2.41. The lowest BCUT2D eigenvalue weighted by Gasteiger charge is -2.19. The zero-order valence-electron chi connectivity index (χ0n) is 10.6. The molecule has 98 valence electrons. The molecule has 0 spiro atoms. The molecule has 5 heteroatoms. The number of hydrogen-bond donors (Lipinski definition) is 2. The van der Waals surface area contributed by atoms with Gasteiger partial charge in [-0.2, -0.15) is 0 Å². The minimum absolute atomic E-state index is 0.0275. The van der Waals surface area contributed by atoms with Crippen LogP contribution in [-0.4, -0.2) is 17.9 Å². The number of benzene rings is 1. The van der Waals surface area contributed by atoms with Gasteiger partial charge in [-0.25, -0.2) is 0 Å². The van der Waals surface area contributed by atoms with Gasteiger partial charge in [-0.05, 0) is 23.8 Å². The van der Waals surface area contributed by atoms with Gasteiger partial charge in [-0.1, -0.05) is 29.8 Å². The van der Waals surface area contributed by atoms with Gasteiger partial charge >= 0.3 is 0 Å².